The van der Waals surface area contributed by atoms with Crippen molar-refractivity contribution in [2.45, 2.75) is 69.5 Å². The van der Waals surface area contributed by atoms with Gasteiger partial charge in [-0.1, -0.05) is 67.4 Å². The molecule has 2 N–H and O–H groups in total. The van der Waals surface area contributed by atoms with E-state index < -0.39 is 0 Å². The van der Waals surface area contributed by atoms with Crippen molar-refractivity contribution < 1.29 is 0 Å². The summed E-state index contributed by atoms with van der Waals surface area (Å²) in [5.74, 6) is 0.566. The van der Waals surface area contributed by atoms with Crippen LogP contribution in [-0.2, 0) is 5.41 Å². The van der Waals surface area contributed by atoms with Crippen LogP contribution in [0.2, 0.25) is 10.0 Å². The van der Waals surface area contributed by atoms with Crippen LogP contribution in [0.4, 0.5) is 0 Å². The number of halogens is 2. The van der Waals surface area contributed by atoms with E-state index in [0.29, 0.717) is 16.0 Å². The molecule has 1 aromatic rings. The maximum atomic E-state index is 6.30. The Balaban J connectivity index is 2.36. The van der Waals surface area contributed by atoms with E-state index in [4.69, 9.17) is 28.3 Å². The number of hydrogen-bond donors (Lipinski definition) is 1. The molecule has 0 bridgehead atoms. The van der Waals surface area contributed by atoms with Gasteiger partial charge in [-0.3, -0.25) is 5.14 Å². The van der Waals surface area contributed by atoms with Crippen molar-refractivity contribution in [1.29, 1.82) is 0 Å². The monoisotopic (exact) mass is 359 g/mol. The van der Waals surface area contributed by atoms with Gasteiger partial charge < -0.3 is 0 Å². The number of benzene rings is 1. The van der Waals surface area contributed by atoms with Crippen molar-refractivity contribution in [2.24, 2.45) is 11.1 Å². The van der Waals surface area contributed by atoms with Crippen LogP contribution < -0.4 is 5.14 Å². The van der Waals surface area contributed by atoms with E-state index in [1.165, 1.54) is 49.6 Å². The number of rotatable bonds is 5. The lowest BCUT2D eigenvalue weighted by atomic mass is 9.61. The van der Waals surface area contributed by atoms with Crippen LogP contribution in [0.1, 0.15) is 64.9 Å². The van der Waals surface area contributed by atoms with Crippen LogP contribution in [0.25, 0.3) is 0 Å². The Bertz CT molecular complexity index is 510. The fourth-order valence-electron chi connectivity index (χ4n) is 4.04. The molecule has 1 fully saturated rings. The Morgan fingerprint density at radius 3 is 2.36 bits per heavy atom. The van der Waals surface area contributed by atoms with E-state index in [9.17, 15) is 0 Å². The van der Waals surface area contributed by atoms with Crippen molar-refractivity contribution in [3.63, 3.8) is 0 Å². The zero-order valence-corrected chi connectivity index (χ0v) is 16.1. The maximum Gasteiger partial charge on any atom is 0.0595 e. The van der Waals surface area contributed by atoms with Crippen LogP contribution in [0.3, 0.4) is 0 Å². The lowest BCUT2D eigenvalue weighted by molar-refractivity contribution is 0.185. The van der Waals surface area contributed by atoms with Gasteiger partial charge in [0.15, 0.2) is 0 Å². The van der Waals surface area contributed by atoms with Gasteiger partial charge in [0.1, 0.15) is 0 Å². The topological polar surface area (TPSA) is 26.0 Å². The zero-order chi connectivity index (χ0) is 16.4. The highest BCUT2D eigenvalue weighted by Crippen LogP contribution is 2.49. The molecule has 0 aliphatic heterocycles. The molecule has 1 aliphatic rings. The van der Waals surface area contributed by atoms with Crippen molar-refractivity contribution in [2.75, 3.05) is 0 Å². The maximum absolute atomic E-state index is 6.30. The molecular formula is C18H27Cl2NS. The zero-order valence-electron chi connectivity index (χ0n) is 13.8. The molecule has 124 valence electrons. The lowest BCUT2D eigenvalue weighted by Gasteiger charge is -2.45. The molecule has 22 heavy (non-hydrogen) atoms. The Morgan fingerprint density at radius 1 is 1.18 bits per heavy atom. The Hall–Kier alpha value is 0.110. The van der Waals surface area contributed by atoms with Crippen LogP contribution in [0, 0.1) is 5.92 Å². The van der Waals surface area contributed by atoms with Gasteiger partial charge in [0, 0.05) is 4.75 Å². The predicted octanol–water partition coefficient (Wildman–Crippen LogP) is 6.61. The molecule has 1 nitrogen and oxygen atoms in total. The minimum absolute atomic E-state index is 0.0973. The molecule has 2 rings (SSSR count). The van der Waals surface area contributed by atoms with E-state index in [-0.39, 0.29) is 10.2 Å². The standard InChI is InChI=1S/C18H27Cl2NS/c1-13(12-17(2,3)22-21)18(9-5-4-6-10-18)14-7-8-15(19)16(20)11-14/h7-8,11,13H,4-6,9-10,12,21H2,1-3H3. The molecule has 1 aliphatic carbocycles. The number of nitrogens with two attached hydrogens (primary N) is 1. The molecular weight excluding hydrogens is 333 g/mol. The molecule has 0 spiro atoms. The molecule has 0 amide bonds. The van der Waals surface area contributed by atoms with Gasteiger partial charge in [-0.15, -0.1) is 0 Å². The summed E-state index contributed by atoms with van der Waals surface area (Å²) in [4.78, 5) is 0. The van der Waals surface area contributed by atoms with Gasteiger partial charge in [0.2, 0.25) is 0 Å². The first kappa shape index (κ1) is 18.4. The first-order valence-corrected chi connectivity index (χ1v) is 9.78. The van der Waals surface area contributed by atoms with Crippen LogP contribution in [-0.4, -0.2) is 4.75 Å². The highest BCUT2D eigenvalue weighted by Gasteiger charge is 2.41. The summed E-state index contributed by atoms with van der Waals surface area (Å²) >= 11 is 13.9. The molecule has 1 saturated carbocycles. The van der Waals surface area contributed by atoms with Gasteiger partial charge in [0.25, 0.3) is 0 Å². The van der Waals surface area contributed by atoms with E-state index >= 15 is 0 Å². The average molecular weight is 360 g/mol. The van der Waals surface area contributed by atoms with E-state index in [1.807, 2.05) is 6.07 Å². The molecule has 0 saturated heterocycles. The smallest absolute Gasteiger partial charge is 0.0595 e. The highest BCUT2D eigenvalue weighted by atomic mass is 35.5. The van der Waals surface area contributed by atoms with Crippen molar-refractivity contribution >= 4 is 35.1 Å². The van der Waals surface area contributed by atoms with E-state index in [0.717, 1.165) is 6.42 Å². The summed E-state index contributed by atoms with van der Waals surface area (Å²) in [6, 6.07) is 6.22. The van der Waals surface area contributed by atoms with Crippen LogP contribution in [0.5, 0.6) is 0 Å². The molecule has 1 atom stereocenters. The summed E-state index contributed by atoms with van der Waals surface area (Å²) in [6.07, 6.45) is 7.50. The number of hydrogen-bond acceptors (Lipinski definition) is 2. The molecule has 1 unspecified atom stereocenters. The van der Waals surface area contributed by atoms with Crippen molar-refractivity contribution in [1.82, 2.24) is 0 Å². The fraction of sp³-hybridized carbons (Fsp3) is 0.667. The van der Waals surface area contributed by atoms with Crippen LogP contribution >= 0.6 is 35.1 Å². The summed E-state index contributed by atoms with van der Waals surface area (Å²) < 4.78 is 0.0973. The lowest BCUT2D eigenvalue weighted by Crippen LogP contribution is -2.39. The minimum Gasteiger partial charge on any atom is -0.277 e. The predicted molar refractivity (Wildman–Crippen MR) is 101 cm³/mol. The van der Waals surface area contributed by atoms with Crippen LogP contribution in [0.15, 0.2) is 18.2 Å². The third-order valence-electron chi connectivity index (χ3n) is 5.30. The Morgan fingerprint density at radius 2 is 1.82 bits per heavy atom. The second-order valence-electron chi connectivity index (χ2n) is 7.33. The molecule has 4 heteroatoms. The minimum atomic E-state index is 0.0973. The average Bonchev–Trinajstić information content (AvgIpc) is 2.50. The van der Waals surface area contributed by atoms with Crippen molar-refractivity contribution in [3.8, 4) is 0 Å². The third kappa shape index (κ3) is 3.95. The summed E-state index contributed by atoms with van der Waals surface area (Å²) in [5.41, 5.74) is 1.56. The second kappa shape index (κ2) is 7.34. The largest absolute Gasteiger partial charge is 0.277 e. The van der Waals surface area contributed by atoms with Gasteiger partial charge in [-0.25, -0.2) is 0 Å². The van der Waals surface area contributed by atoms with Crippen molar-refractivity contribution in [3.05, 3.63) is 33.8 Å². The highest BCUT2D eigenvalue weighted by molar-refractivity contribution is 7.98. The third-order valence-corrected chi connectivity index (χ3v) is 6.84. The summed E-state index contributed by atoms with van der Waals surface area (Å²) in [7, 11) is 0. The quantitative estimate of drug-likeness (QED) is 0.598. The summed E-state index contributed by atoms with van der Waals surface area (Å²) in [6.45, 7) is 6.85. The molecule has 0 aromatic heterocycles. The summed E-state index contributed by atoms with van der Waals surface area (Å²) in [5, 5.41) is 7.20. The SMILES string of the molecule is CC(CC(C)(C)SN)C1(c2ccc(Cl)c(Cl)c2)CCCCC1. The van der Waals surface area contributed by atoms with E-state index in [2.05, 4.69) is 32.9 Å². The van der Waals surface area contributed by atoms with E-state index in [1.54, 1.807) is 0 Å². The van der Waals surface area contributed by atoms with Gasteiger partial charge in [-0.05, 0) is 62.1 Å². The van der Waals surface area contributed by atoms with Gasteiger partial charge >= 0.3 is 0 Å². The van der Waals surface area contributed by atoms with Gasteiger partial charge in [-0.2, -0.15) is 0 Å². The van der Waals surface area contributed by atoms with Gasteiger partial charge in [0.05, 0.1) is 10.0 Å². The fourth-order valence-corrected chi connectivity index (χ4v) is 4.68. The molecule has 0 heterocycles. The first-order valence-electron chi connectivity index (χ1n) is 8.14. The first-order chi connectivity index (χ1) is 10.3. The second-order valence-corrected chi connectivity index (χ2v) is 9.48. The normalized spacial score (nSPS) is 19.9. The Labute approximate surface area is 149 Å². The Kier molecular flexibility index (Phi) is 6.15. The molecule has 1 aromatic carbocycles. The molecule has 0 radical (unpaired) electrons.